The summed E-state index contributed by atoms with van der Waals surface area (Å²) in [7, 11) is 0. The molecular weight excluding hydrogens is 346 g/mol. The van der Waals surface area contributed by atoms with E-state index in [1.54, 1.807) is 46.2 Å². The van der Waals surface area contributed by atoms with Crippen molar-refractivity contribution in [1.82, 2.24) is 9.80 Å². The Morgan fingerprint density at radius 3 is 2.00 bits per heavy atom. The van der Waals surface area contributed by atoms with Crippen LogP contribution in [0.2, 0.25) is 0 Å². The summed E-state index contributed by atoms with van der Waals surface area (Å²) in [6.07, 6.45) is 0. The quantitative estimate of drug-likeness (QED) is 0.858. The zero-order chi connectivity index (χ0) is 19.2. The summed E-state index contributed by atoms with van der Waals surface area (Å²) in [6, 6.07) is 15.8. The van der Waals surface area contributed by atoms with Crippen LogP contribution in [0.15, 0.2) is 54.6 Å². The molecule has 0 radical (unpaired) electrons. The normalized spacial score (nSPS) is 13.9. The van der Waals surface area contributed by atoms with E-state index < -0.39 is 5.91 Å². The molecule has 2 aromatic rings. The third-order valence-electron chi connectivity index (χ3n) is 4.36. The van der Waals surface area contributed by atoms with Crippen LogP contribution in [-0.4, -0.2) is 60.3 Å². The van der Waals surface area contributed by atoms with E-state index in [-0.39, 0.29) is 18.4 Å². The molecule has 1 saturated heterocycles. The minimum Gasteiger partial charge on any atom is -0.483 e. The summed E-state index contributed by atoms with van der Waals surface area (Å²) in [4.78, 5) is 39.7. The summed E-state index contributed by atoms with van der Waals surface area (Å²) in [5, 5.41) is 0. The van der Waals surface area contributed by atoms with Crippen molar-refractivity contribution in [2.45, 2.75) is 0 Å². The van der Waals surface area contributed by atoms with Gasteiger partial charge in [-0.3, -0.25) is 14.4 Å². The first-order valence-corrected chi connectivity index (χ1v) is 8.70. The molecular formula is C20H21N3O4. The molecule has 1 aliphatic heterocycles. The predicted octanol–water partition coefficient (Wildman–Crippen LogP) is 1.15. The van der Waals surface area contributed by atoms with Gasteiger partial charge in [0.15, 0.2) is 6.61 Å². The van der Waals surface area contributed by atoms with Crippen LogP contribution in [-0.2, 0) is 4.79 Å². The maximum absolute atomic E-state index is 12.8. The topological polar surface area (TPSA) is 92.9 Å². The van der Waals surface area contributed by atoms with Crippen molar-refractivity contribution in [3.63, 3.8) is 0 Å². The van der Waals surface area contributed by atoms with Crippen LogP contribution in [0.1, 0.15) is 20.7 Å². The number of nitrogens with zero attached hydrogens (tertiary/aromatic N) is 2. The molecule has 1 aliphatic rings. The molecule has 27 heavy (non-hydrogen) atoms. The van der Waals surface area contributed by atoms with E-state index >= 15 is 0 Å². The van der Waals surface area contributed by atoms with Gasteiger partial charge in [0, 0.05) is 31.7 Å². The Hall–Kier alpha value is -3.35. The number of para-hydroxylation sites is 1. The molecule has 2 N–H and O–H groups in total. The van der Waals surface area contributed by atoms with Gasteiger partial charge >= 0.3 is 0 Å². The highest BCUT2D eigenvalue weighted by molar-refractivity contribution is 5.97. The summed E-state index contributed by atoms with van der Waals surface area (Å²) < 4.78 is 5.34. The van der Waals surface area contributed by atoms with Crippen LogP contribution in [0.5, 0.6) is 5.75 Å². The molecule has 1 heterocycles. The standard InChI is InChI=1S/C20H21N3O4/c21-18(24)14-27-17-9-5-4-8-16(17)20(26)23-12-10-22(11-13-23)19(25)15-6-2-1-3-7-15/h1-9H,10-14H2,(H2,21,24). The van der Waals surface area contributed by atoms with Gasteiger partial charge < -0.3 is 20.3 Å². The third-order valence-corrected chi connectivity index (χ3v) is 4.36. The highest BCUT2D eigenvalue weighted by Gasteiger charge is 2.26. The molecule has 0 spiro atoms. The second-order valence-corrected chi connectivity index (χ2v) is 6.20. The lowest BCUT2D eigenvalue weighted by Gasteiger charge is -2.35. The summed E-state index contributed by atoms with van der Waals surface area (Å²) in [5.41, 5.74) is 6.12. The highest BCUT2D eigenvalue weighted by atomic mass is 16.5. The fourth-order valence-corrected chi connectivity index (χ4v) is 2.96. The number of rotatable bonds is 5. The number of hydrogen-bond donors (Lipinski definition) is 1. The number of primary amides is 1. The van der Waals surface area contributed by atoms with Gasteiger partial charge in [0.2, 0.25) is 0 Å². The Bertz CT molecular complexity index is 830. The van der Waals surface area contributed by atoms with Gasteiger partial charge in [-0.15, -0.1) is 0 Å². The molecule has 7 nitrogen and oxygen atoms in total. The molecule has 7 heteroatoms. The number of hydrogen-bond acceptors (Lipinski definition) is 4. The van der Waals surface area contributed by atoms with E-state index in [2.05, 4.69) is 0 Å². The van der Waals surface area contributed by atoms with Gasteiger partial charge in [-0.05, 0) is 24.3 Å². The van der Waals surface area contributed by atoms with Gasteiger partial charge in [-0.2, -0.15) is 0 Å². The number of carbonyl (C=O) groups excluding carboxylic acids is 3. The largest absolute Gasteiger partial charge is 0.483 e. The minimum absolute atomic E-state index is 0.0344. The van der Waals surface area contributed by atoms with E-state index in [1.807, 2.05) is 18.2 Å². The van der Waals surface area contributed by atoms with Gasteiger partial charge in [-0.1, -0.05) is 30.3 Å². The number of nitrogens with two attached hydrogens (primary N) is 1. The van der Waals surface area contributed by atoms with Crippen LogP contribution in [0.3, 0.4) is 0 Å². The van der Waals surface area contributed by atoms with Gasteiger partial charge in [0.1, 0.15) is 5.75 Å². The molecule has 3 amide bonds. The summed E-state index contributed by atoms with van der Waals surface area (Å²) in [6.45, 7) is 1.50. The Kier molecular flexibility index (Phi) is 5.71. The zero-order valence-electron chi connectivity index (χ0n) is 14.8. The average molecular weight is 367 g/mol. The van der Waals surface area contributed by atoms with Crippen LogP contribution in [0.25, 0.3) is 0 Å². The first-order chi connectivity index (χ1) is 13.1. The summed E-state index contributed by atoms with van der Waals surface area (Å²) in [5.74, 6) is -0.510. The Balaban J connectivity index is 1.64. The van der Waals surface area contributed by atoms with Crippen LogP contribution in [0, 0.1) is 0 Å². The molecule has 0 aromatic heterocycles. The molecule has 3 rings (SSSR count). The fraction of sp³-hybridized carbons (Fsp3) is 0.250. The van der Waals surface area contributed by atoms with E-state index in [1.165, 1.54) is 0 Å². The summed E-state index contributed by atoms with van der Waals surface area (Å²) >= 11 is 0. The van der Waals surface area contributed by atoms with Crippen molar-refractivity contribution in [1.29, 1.82) is 0 Å². The number of piperazine rings is 1. The second kappa shape index (κ2) is 8.35. The zero-order valence-corrected chi connectivity index (χ0v) is 14.8. The van der Waals surface area contributed by atoms with Crippen molar-refractivity contribution in [2.75, 3.05) is 32.8 Å². The third kappa shape index (κ3) is 4.44. The fourth-order valence-electron chi connectivity index (χ4n) is 2.96. The minimum atomic E-state index is -0.606. The maximum Gasteiger partial charge on any atom is 0.257 e. The van der Waals surface area contributed by atoms with Crippen molar-refractivity contribution in [3.05, 3.63) is 65.7 Å². The molecule has 0 bridgehead atoms. The number of benzene rings is 2. The Morgan fingerprint density at radius 2 is 1.37 bits per heavy atom. The highest BCUT2D eigenvalue weighted by Crippen LogP contribution is 2.21. The molecule has 1 fully saturated rings. The second-order valence-electron chi connectivity index (χ2n) is 6.20. The molecule has 140 valence electrons. The number of carbonyl (C=O) groups is 3. The van der Waals surface area contributed by atoms with Crippen LogP contribution in [0.4, 0.5) is 0 Å². The molecule has 0 atom stereocenters. The van der Waals surface area contributed by atoms with E-state index in [9.17, 15) is 14.4 Å². The van der Waals surface area contributed by atoms with E-state index in [0.717, 1.165) is 0 Å². The lowest BCUT2D eigenvalue weighted by Crippen LogP contribution is -2.50. The molecule has 0 aliphatic carbocycles. The van der Waals surface area contributed by atoms with Crippen molar-refractivity contribution < 1.29 is 19.1 Å². The SMILES string of the molecule is NC(=O)COc1ccccc1C(=O)N1CCN(C(=O)c2ccccc2)CC1. The first-order valence-electron chi connectivity index (χ1n) is 8.70. The monoisotopic (exact) mass is 367 g/mol. The molecule has 2 aromatic carbocycles. The molecule has 0 unspecified atom stereocenters. The maximum atomic E-state index is 12.8. The van der Waals surface area contributed by atoms with E-state index in [0.29, 0.717) is 43.1 Å². The lowest BCUT2D eigenvalue weighted by molar-refractivity contribution is -0.119. The number of ether oxygens (including phenoxy) is 1. The Morgan fingerprint density at radius 1 is 0.815 bits per heavy atom. The van der Waals surface area contributed by atoms with Gasteiger partial charge in [0.05, 0.1) is 5.56 Å². The Labute approximate surface area is 157 Å². The predicted molar refractivity (Wildman–Crippen MR) is 99.4 cm³/mol. The van der Waals surface area contributed by atoms with Crippen LogP contribution >= 0.6 is 0 Å². The van der Waals surface area contributed by atoms with Crippen molar-refractivity contribution in [3.8, 4) is 5.75 Å². The smallest absolute Gasteiger partial charge is 0.257 e. The van der Waals surface area contributed by atoms with Gasteiger partial charge in [-0.25, -0.2) is 0 Å². The van der Waals surface area contributed by atoms with E-state index in [4.69, 9.17) is 10.5 Å². The average Bonchev–Trinajstić information content (AvgIpc) is 2.72. The molecule has 0 saturated carbocycles. The van der Waals surface area contributed by atoms with Crippen molar-refractivity contribution >= 4 is 17.7 Å². The van der Waals surface area contributed by atoms with Gasteiger partial charge in [0.25, 0.3) is 17.7 Å². The number of amides is 3. The van der Waals surface area contributed by atoms with Crippen molar-refractivity contribution in [2.24, 2.45) is 5.73 Å². The first kappa shape index (κ1) is 18.4. The lowest BCUT2D eigenvalue weighted by atomic mass is 10.1. The van der Waals surface area contributed by atoms with Crippen LogP contribution < -0.4 is 10.5 Å².